The van der Waals surface area contributed by atoms with Gasteiger partial charge in [0.25, 0.3) is 0 Å². The van der Waals surface area contributed by atoms with Crippen LogP contribution in [0.5, 0.6) is 5.75 Å². The number of fused-ring (bicyclic) bond motifs is 1. The Labute approximate surface area is 91.3 Å². The standard InChI is InChI=1S/C10H12BrNO2/c1-6-2-7-3-9(11)4-8(5-13-12)10(7)14-6/h3-4,6H,2,5,12H2,1H3. The van der Waals surface area contributed by atoms with E-state index in [1.807, 2.05) is 6.07 Å². The van der Waals surface area contributed by atoms with Gasteiger partial charge in [0.2, 0.25) is 0 Å². The highest BCUT2D eigenvalue weighted by atomic mass is 79.9. The van der Waals surface area contributed by atoms with Crippen molar-refractivity contribution in [3.8, 4) is 5.75 Å². The van der Waals surface area contributed by atoms with Crippen LogP contribution in [0.25, 0.3) is 0 Å². The fourth-order valence-electron chi connectivity index (χ4n) is 1.76. The Balaban J connectivity index is 2.41. The Hall–Kier alpha value is -0.580. The van der Waals surface area contributed by atoms with Gasteiger partial charge in [-0.2, -0.15) is 0 Å². The maximum Gasteiger partial charge on any atom is 0.128 e. The van der Waals surface area contributed by atoms with Crippen molar-refractivity contribution >= 4 is 15.9 Å². The highest BCUT2D eigenvalue weighted by Crippen LogP contribution is 2.35. The van der Waals surface area contributed by atoms with Crippen molar-refractivity contribution < 1.29 is 9.57 Å². The maximum absolute atomic E-state index is 5.69. The molecular weight excluding hydrogens is 246 g/mol. The number of nitrogens with two attached hydrogens (primary N) is 1. The van der Waals surface area contributed by atoms with E-state index in [0.29, 0.717) is 6.61 Å². The van der Waals surface area contributed by atoms with E-state index in [1.54, 1.807) is 0 Å². The minimum absolute atomic E-state index is 0.246. The minimum atomic E-state index is 0.246. The largest absolute Gasteiger partial charge is 0.490 e. The fraction of sp³-hybridized carbons (Fsp3) is 0.400. The SMILES string of the molecule is CC1Cc2cc(Br)cc(CON)c2O1. The molecule has 1 aromatic rings. The van der Waals surface area contributed by atoms with Gasteiger partial charge in [-0.05, 0) is 24.6 Å². The molecule has 0 aliphatic carbocycles. The first-order valence-corrected chi connectivity index (χ1v) is 5.29. The van der Waals surface area contributed by atoms with Crippen LogP contribution in [0.4, 0.5) is 0 Å². The molecule has 0 saturated carbocycles. The van der Waals surface area contributed by atoms with Crippen molar-refractivity contribution in [2.45, 2.75) is 26.1 Å². The summed E-state index contributed by atoms with van der Waals surface area (Å²) >= 11 is 3.45. The van der Waals surface area contributed by atoms with Gasteiger partial charge >= 0.3 is 0 Å². The van der Waals surface area contributed by atoms with Gasteiger partial charge in [-0.1, -0.05) is 15.9 Å². The van der Waals surface area contributed by atoms with Gasteiger partial charge in [-0.3, -0.25) is 4.84 Å². The summed E-state index contributed by atoms with van der Waals surface area (Å²) in [5, 5.41) is 0. The smallest absolute Gasteiger partial charge is 0.128 e. The fourth-order valence-corrected chi connectivity index (χ4v) is 2.32. The van der Waals surface area contributed by atoms with E-state index in [2.05, 4.69) is 33.8 Å². The summed E-state index contributed by atoms with van der Waals surface area (Å²) in [6.45, 7) is 2.44. The van der Waals surface area contributed by atoms with Crippen molar-refractivity contribution in [1.29, 1.82) is 0 Å². The lowest BCUT2D eigenvalue weighted by atomic mass is 10.1. The second-order valence-electron chi connectivity index (χ2n) is 3.50. The first-order chi connectivity index (χ1) is 6.70. The van der Waals surface area contributed by atoms with Crippen LogP contribution in [0.3, 0.4) is 0 Å². The molecular formula is C10H12BrNO2. The lowest BCUT2D eigenvalue weighted by Gasteiger charge is -2.08. The molecule has 1 aliphatic heterocycles. The predicted octanol–water partition coefficient (Wildman–Crippen LogP) is 2.16. The normalized spacial score (nSPS) is 19.2. The molecule has 0 aromatic heterocycles. The molecule has 76 valence electrons. The summed E-state index contributed by atoms with van der Waals surface area (Å²) in [4.78, 5) is 4.64. The van der Waals surface area contributed by atoms with Gasteiger partial charge in [0.15, 0.2) is 0 Å². The lowest BCUT2D eigenvalue weighted by molar-refractivity contribution is 0.120. The molecule has 14 heavy (non-hydrogen) atoms. The molecule has 0 bridgehead atoms. The molecule has 1 aliphatic rings. The van der Waals surface area contributed by atoms with Crippen LogP contribution in [0.15, 0.2) is 16.6 Å². The topological polar surface area (TPSA) is 44.5 Å². The molecule has 0 saturated heterocycles. The van der Waals surface area contributed by atoms with E-state index in [-0.39, 0.29) is 6.10 Å². The van der Waals surface area contributed by atoms with Gasteiger partial charge in [-0.25, -0.2) is 5.90 Å². The number of rotatable bonds is 2. The minimum Gasteiger partial charge on any atom is -0.490 e. The van der Waals surface area contributed by atoms with E-state index in [1.165, 1.54) is 5.56 Å². The quantitative estimate of drug-likeness (QED) is 0.827. The summed E-state index contributed by atoms with van der Waals surface area (Å²) < 4.78 is 6.73. The van der Waals surface area contributed by atoms with E-state index in [9.17, 15) is 0 Å². The summed E-state index contributed by atoms with van der Waals surface area (Å²) in [6, 6.07) is 4.06. The number of ether oxygens (including phenoxy) is 1. The second-order valence-corrected chi connectivity index (χ2v) is 4.41. The molecule has 1 atom stereocenters. The highest BCUT2D eigenvalue weighted by Gasteiger charge is 2.22. The number of hydrogen-bond acceptors (Lipinski definition) is 3. The zero-order chi connectivity index (χ0) is 10.1. The monoisotopic (exact) mass is 257 g/mol. The molecule has 3 nitrogen and oxygen atoms in total. The molecule has 0 radical (unpaired) electrons. The molecule has 4 heteroatoms. The summed E-state index contributed by atoms with van der Waals surface area (Å²) in [5.74, 6) is 6.00. The van der Waals surface area contributed by atoms with E-state index in [0.717, 1.165) is 22.2 Å². The molecule has 1 unspecified atom stereocenters. The van der Waals surface area contributed by atoms with Gasteiger partial charge in [0.05, 0.1) is 6.61 Å². The first-order valence-electron chi connectivity index (χ1n) is 4.50. The number of halogens is 1. The average Bonchev–Trinajstić information content (AvgIpc) is 2.45. The van der Waals surface area contributed by atoms with Crippen LogP contribution in [-0.4, -0.2) is 6.10 Å². The van der Waals surface area contributed by atoms with Gasteiger partial charge in [0, 0.05) is 16.5 Å². The third kappa shape index (κ3) is 1.78. The molecule has 2 rings (SSSR count). The van der Waals surface area contributed by atoms with Crippen molar-refractivity contribution in [3.63, 3.8) is 0 Å². The Morgan fingerprint density at radius 1 is 1.64 bits per heavy atom. The van der Waals surface area contributed by atoms with E-state index in [4.69, 9.17) is 10.6 Å². The highest BCUT2D eigenvalue weighted by molar-refractivity contribution is 9.10. The van der Waals surface area contributed by atoms with Crippen LogP contribution in [0.2, 0.25) is 0 Å². The predicted molar refractivity (Wildman–Crippen MR) is 56.9 cm³/mol. The Kier molecular flexibility index (Phi) is 2.76. The van der Waals surface area contributed by atoms with Gasteiger partial charge in [-0.15, -0.1) is 0 Å². The van der Waals surface area contributed by atoms with Crippen LogP contribution < -0.4 is 10.6 Å². The van der Waals surface area contributed by atoms with Crippen LogP contribution in [-0.2, 0) is 17.9 Å². The van der Waals surface area contributed by atoms with Crippen LogP contribution in [0.1, 0.15) is 18.1 Å². The van der Waals surface area contributed by atoms with Gasteiger partial charge < -0.3 is 4.74 Å². The average molecular weight is 258 g/mol. The summed E-state index contributed by atoms with van der Waals surface area (Å²) in [6.07, 6.45) is 1.20. The van der Waals surface area contributed by atoms with E-state index < -0.39 is 0 Å². The lowest BCUT2D eigenvalue weighted by Crippen LogP contribution is -2.06. The van der Waals surface area contributed by atoms with Gasteiger partial charge in [0.1, 0.15) is 11.9 Å². The molecule has 2 N–H and O–H groups in total. The molecule has 0 spiro atoms. The third-order valence-corrected chi connectivity index (χ3v) is 2.73. The van der Waals surface area contributed by atoms with Crippen LogP contribution in [0, 0.1) is 0 Å². The molecule has 0 fully saturated rings. The summed E-state index contributed by atoms with van der Waals surface area (Å²) in [5.41, 5.74) is 2.22. The van der Waals surface area contributed by atoms with Crippen molar-refractivity contribution in [2.75, 3.05) is 0 Å². The van der Waals surface area contributed by atoms with Crippen molar-refractivity contribution in [1.82, 2.24) is 0 Å². The van der Waals surface area contributed by atoms with Crippen LogP contribution >= 0.6 is 15.9 Å². The van der Waals surface area contributed by atoms with Crippen molar-refractivity contribution in [3.05, 3.63) is 27.7 Å². The molecule has 0 amide bonds. The number of hydrogen-bond donors (Lipinski definition) is 1. The maximum atomic E-state index is 5.69. The second kappa shape index (κ2) is 3.88. The third-order valence-electron chi connectivity index (χ3n) is 2.27. The number of benzene rings is 1. The van der Waals surface area contributed by atoms with Crippen molar-refractivity contribution in [2.24, 2.45) is 5.90 Å². The zero-order valence-corrected chi connectivity index (χ0v) is 9.50. The molecule has 1 heterocycles. The van der Waals surface area contributed by atoms with E-state index >= 15 is 0 Å². The first kappa shape index (κ1) is 9.96. The Bertz CT molecular complexity index is 354. The zero-order valence-electron chi connectivity index (χ0n) is 7.92. The Morgan fingerprint density at radius 3 is 3.14 bits per heavy atom. The Morgan fingerprint density at radius 2 is 2.43 bits per heavy atom. The summed E-state index contributed by atoms with van der Waals surface area (Å²) in [7, 11) is 0. The molecule has 1 aromatic carbocycles.